The third-order valence-electron chi connectivity index (χ3n) is 5.85. The minimum Gasteiger partial charge on any atom is -0.394 e. The third-order valence-corrected chi connectivity index (χ3v) is 5.85. The fourth-order valence-corrected chi connectivity index (χ4v) is 3.83. The molecule has 36 heavy (non-hydrogen) atoms. The standard InChI is InChI=1S/C27H24O9/c28-16-20(29)24(33)26(35,22(31)18-12-6-2-7-13-18)27(36,23(32)19-14-8-3-9-15-19)25(34)21(30)17-10-4-1-5-11-17/h1-15,20,24,28-29,33,35-36H,16H2/t20-,24-,26+,27+/m1/s1. The van der Waals surface area contributed by atoms with E-state index in [0.29, 0.717) is 0 Å². The lowest BCUT2D eigenvalue weighted by atomic mass is 9.66. The second kappa shape index (κ2) is 10.8. The Bertz CT molecular complexity index is 1240. The molecular weight excluding hydrogens is 468 g/mol. The zero-order valence-electron chi connectivity index (χ0n) is 18.9. The van der Waals surface area contributed by atoms with Crippen LogP contribution in [0.1, 0.15) is 31.1 Å². The number of carbonyl (C=O) groups is 4. The smallest absolute Gasteiger partial charge is 0.246 e. The molecule has 186 valence electrons. The van der Waals surface area contributed by atoms with Crippen molar-refractivity contribution in [1.29, 1.82) is 0 Å². The Hall–Kier alpha value is -3.86. The minimum absolute atomic E-state index is 0.270. The third kappa shape index (κ3) is 4.53. The van der Waals surface area contributed by atoms with Gasteiger partial charge in [0.2, 0.25) is 28.7 Å². The lowest BCUT2D eigenvalue weighted by molar-refractivity contribution is -0.185. The average Bonchev–Trinajstić information content (AvgIpc) is 2.95. The Morgan fingerprint density at radius 3 is 1.44 bits per heavy atom. The molecule has 9 heteroatoms. The van der Waals surface area contributed by atoms with Crippen molar-refractivity contribution in [3.05, 3.63) is 108 Å². The molecule has 3 aromatic rings. The van der Waals surface area contributed by atoms with Crippen LogP contribution in [0.4, 0.5) is 0 Å². The van der Waals surface area contributed by atoms with E-state index in [0.717, 1.165) is 12.1 Å². The summed E-state index contributed by atoms with van der Waals surface area (Å²) in [5.74, 6) is -6.47. The van der Waals surface area contributed by atoms with Crippen molar-refractivity contribution < 1.29 is 44.7 Å². The summed E-state index contributed by atoms with van der Waals surface area (Å²) in [7, 11) is 0. The SMILES string of the molecule is O=C(C(=O)[C@@](O)(C(=O)c1ccccc1)[C@](O)(C(=O)c1ccccc1)[C@H](O)[C@H](O)CO)c1ccccc1. The molecule has 3 aromatic carbocycles. The van der Waals surface area contributed by atoms with Gasteiger partial charge in [-0.3, -0.25) is 19.2 Å². The molecule has 9 nitrogen and oxygen atoms in total. The maximum absolute atomic E-state index is 13.7. The second-order valence-electron chi connectivity index (χ2n) is 8.09. The van der Waals surface area contributed by atoms with Gasteiger partial charge in [0.1, 0.15) is 12.2 Å². The van der Waals surface area contributed by atoms with Crippen LogP contribution in [0.5, 0.6) is 0 Å². The van der Waals surface area contributed by atoms with Gasteiger partial charge in [-0.25, -0.2) is 0 Å². The first-order chi connectivity index (χ1) is 17.1. The number of hydrogen-bond donors (Lipinski definition) is 5. The van der Waals surface area contributed by atoms with Crippen LogP contribution in [-0.4, -0.2) is 78.7 Å². The molecule has 4 atom stereocenters. The summed E-state index contributed by atoms with van der Waals surface area (Å²) in [4.78, 5) is 54.0. The molecule has 5 N–H and O–H groups in total. The van der Waals surface area contributed by atoms with Gasteiger partial charge >= 0.3 is 0 Å². The lowest BCUT2D eigenvalue weighted by Crippen LogP contribution is -2.75. The Morgan fingerprint density at radius 1 is 0.639 bits per heavy atom. The van der Waals surface area contributed by atoms with E-state index in [1.807, 2.05) is 0 Å². The number of aliphatic hydroxyl groups is 5. The summed E-state index contributed by atoms with van der Waals surface area (Å²) in [6.45, 7) is -1.22. The van der Waals surface area contributed by atoms with E-state index < -0.39 is 53.1 Å². The molecule has 0 saturated carbocycles. The Balaban J connectivity index is 2.33. The maximum atomic E-state index is 13.7. The highest BCUT2D eigenvalue weighted by Gasteiger charge is 2.69. The number of benzene rings is 3. The van der Waals surface area contributed by atoms with Crippen LogP contribution in [0, 0.1) is 0 Å². The zero-order chi connectivity index (χ0) is 26.5. The van der Waals surface area contributed by atoms with Gasteiger partial charge in [-0.2, -0.15) is 0 Å². The molecule has 0 unspecified atom stereocenters. The predicted octanol–water partition coefficient (Wildman–Crippen LogP) is 0.381. The topological polar surface area (TPSA) is 169 Å². The van der Waals surface area contributed by atoms with E-state index >= 15 is 0 Å². The Morgan fingerprint density at radius 2 is 1.03 bits per heavy atom. The monoisotopic (exact) mass is 492 g/mol. The molecule has 0 spiro atoms. The molecule has 0 aliphatic carbocycles. The van der Waals surface area contributed by atoms with Gasteiger partial charge < -0.3 is 25.5 Å². The molecule has 0 aliphatic rings. The molecule has 0 saturated heterocycles. The van der Waals surface area contributed by atoms with Gasteiger partial charge in [0.05, 0.1) is 6.61 Å². The van der Waals surface area contributed by atoms with Crippen molar-refractivity contribution in [3.63, 3.8) is 0 Å². The summed E-state index contributed by atoms with van der Waals surface area (Å²) >= 11 is 0. The van der Waals surface area contributed by atoms with Crippen LogP contribution in [0.3, 0.4) is 0 Å². The van der Waals surface area contributed by atoms with E-state index in [2.05, 4.69) is 0 Å². The second-order valence-corrected chi connectivity index (χ2v) is 8.09. The van der Waals surface area contributed by atoms with Crippen molar-refractivity contribution in [2.45, 2.75) is 23.4 Å². The molecule has 0 fully saturated rings. The molecule has 0 bridgehead atoms. The number of aliphatic hydroxyl groups excluding tert-OH is 3. The Kier molecular flexibility index (Phi) is 8.03. The van der Waals surface area contributed by atoms with Gasteiger partial charge in [0.25, 0.3) is 0 Å². The number of Topliss-reactive ketones (excluding diaryl/α,β-unsaturated/α-hetero) is 4. The van der Waals surface area contributed by atoms with Gasteiger partial charge in [-0.15, -0.1) is 0 Å². The van der Waals surface area contributed by atoms with Crippen LogP contribution < -0.4 is 0 Å². The molecule has 0 radical (unpaired) electrons. The van der Waals surface area contributed by atoms with Crippen molar-refractivity contribution in [1.82, 2.24) is 0 Å². The van der Waals surface area contributed by atoms with Crippen LogP contribution in [0.15, 0.2) is 91.0 Å². The number of rotatable bonds is 11. The zero-order valence-corrected chi connectivity index (χ0v) is 18.9. The van der Waals surface area contributed by atoms with E-state index in [4.69, 9.17) is 0 Å². The fourth-order valence-electron chi connectivity index (χ4n) is 3.83. The van der Waals surface area contributed by atoms with Crippen molar-refractivity contribution in [3.8, 4) is 0 Å². The van der Waals surface area contributed by atoms with Crippen molar-refractivity contribution in [2.24, 2.45) is 0 Å². The Labute approximate surface area is 205 Å². The highest BCUT2D eigenvalue weighted by molar-refractivity contribution is 6.52. The summed E-state index contributed by atoms with van der Waals surface area (Å²) in [6, 6.07) is 20.0. The highest BCUT2D eigenvalue weighted by Crippen LogP contribution is 2.36. The van der Waals surface area contributed by atoms with Crippen LogP contribution >= 0.6 is 0 Å². The first-order valence-corrected chi connectivity index (χ1v) is 10.9. The first kappa shape index (κ1) is 26.7. The number of hydrogen-bond acceptors (Lipinski definition) is 9. The summed E-state index contributed by atoms with van der Waals surface area (Å²) in [5, 5.41) is 53.9. The fraction of sp³-hybridized carbons (Fsp3) is 0.185. The molecule has 0 heterocycles. The van der Waals surface area contributed by atoms with Gasteiger partial charge in [0.15, 0.2) is 5.60 Å². The molecule has 0 amide bonds. The maximum Gasteiger partial charge on any atom is 0.246 e. The van der Waals surface area contributed by atoms with E-state index in [1.165, 1.54) is 72.8 Å². The molecular formula is C27H24O9. The number of ketones is 4. The summed E-state index contributed by atoms with van der Waals surface area (Å²) < 4.78 is 0. The van der Waals surface area contributed by atoms with Crippen LogP contribution in [0.2, 0.25) is 0 Å². The highest BCUT2D eigenvalue weighted by atomic mass is 16.4. The summed E-state index contributed by atoms with van der Waals surface area (Å²) in [5.41, 5.74) is -8.72. The van der Waals surface area contributed by atoms with Crippen molar-refractivity contribution >= 4 is 23.1 Å². The molecule has 3 rings (SSSR count). The van der Waals surface area contributed by atoms with E-state index in [-0.39, 0.29) is 16.7 Å². The van der Waals surface area contributed by atoms with Crippen LogP contribution in [0.25, 0.3) is 0 Å². The largest absolute Gasteiger partial charge is 0.394 e. The van der Waals surface area contributed by atoms with E-state index in [1.54, 1.807) is 6.07 Å². The first-order valence-electron chi connectivity index (χ1n) is 10.9. The lowest BCUT2D eigenvalue weighted by Gasteiger charge is -2.43. The van der Waals surface area contributed by atoms with Crippen molar-refractivity contribution in [2.75, 3.05) is 6.61 Å². The van der Waals surface area contributed by atoms with Gasteiger partial charge in [0, 0.05) is 16.7 Å². The van der Waals surface area contributed by atoms with Gasteiger partial charge in [-0.1, -0.05) is 91.0 Å². The van der Waals surface area contributed by atoms with Crippen LogP contribution in [-0.2, 0) is 4.79 Å². The quantitative estimate of drug-likeness (QED) is 0.144. The average molecular weight is 492 g/mol. The normalized spacial score (nSPS) is 16.1. The summed E-state index contributed by atoms with van der Waals surface area (Å²) in [6.07, 6.45) is -5.07. The number of carbonyl (C=O) groups excluding carboxylic acids is 4. The predicted molar refractivity (Wildman–Crippen MR) is 126 cm³/mol. The van der Waals surface area contributed by atoms with E-state index in [9.17, 15) is 44.7 Å². The van der Waals surface area contributed by atoms with Gasteiger partial charge in [-0.05, 0) is 0 Å². The molecule has 0 aromatic heterocycles. The molecule has 0 aliphatic heterocycles. The minimum atomic E-state index is -3.91.